The molecule has 1 N–H and O–H groups in total. The normalized spacial score (nSPS) is 10.9. The van der Waals surface area contributed by atoms with Gasteiger partial charge in [-0.2, -0.15) is 0 Å². The first-order chi connectivity index (χ1) is 8.24. The molecule has 4 nitrogen and oxygen atoms in total. The zero-order chi connectivity index (χ0) is 12.7. The van der Waals surface area contributed by atoms with Crippen LogP contribution in [0.25, 0.3) is 0 Å². The standard InChI is InChI=1S/C13H23N3O/c1-4-11(5-2)9-16(6-3)13-8-14-7-12(10-17)15-13/h7-8,11,17H,4-6,9-10H2,1-3H3. The van der Waals surface area contributed by atoms with Crippen molar-refractivity contribution in [2.75, 3.05) is 18.0 Å². The lowest BCUT2D eigenvalue weighted by Gasteiger charge is -2.26. The van der Waals surface area contributed by atoms with E-state index in [0.29, 0.717) is 11.6 Å². The Labute approximate surface area is 104 Å². The maximum absolute atomic E-state index is 9.07. The van der Waals surface area contributed by atoms with Crippen LogP contribution in [0.5, 0.6) is 0 Å². The second-order valence-corrected chi connectivity index (χ2v) is 4.25. The average Bonchev–Trinajstić information content (AvgIpc) is 2.40. The van der Waals surface area contributed by atoms with E-state index in [1.807, 2.05) is 0 Å². The lowest BCUT2D eigenvalue weighted by molar-refractivity contribution is 0.276. The smallest absolute Gasteiger partial charge is 0.147 e. The van der Waals surface area contributed by atoms with Crippen LogP contribution in [0.15, 0.2) is 12.4 Å². The van der Waals surface area contributed by atoms with Gasteiger partial charge in [0.05, 0.1) is 24.7 Å². The molecule has 1 aromatic heterocycles. The molecule has 0 aliphatic rings. The van der Waals surface area contributed by atoms with Gasteiger partial charge in [0.15, 0.2) is 0 Å². The van der Waals surface area contributed by atoms with Crippen molar-refractivity contribution in [3.05, 3.63) is 18.1 Å². The Balaban J connectivity index is 2.77. The fourth-order valence-electron chi connectivity index (χ4n) is 1.87. The molecule has 1 rings (SSSR count). The molecule has 0 aliphatic carbocycles. The molecule has 17 heavy (non-hydrogen) atoms. The van der Waals surface area contributed by atoms with Gasteiger partial charge in [0.1, 0.15) is 5.82 Å². The van der Waals surface area contributed by atoms with E-state index in [2.05, 4.69) is 35.6 Å². The van der Waals surface area contributed by atoms with E-state index in [1.54, 1.807) is 12.4 Å². The van der Waals surface area contributed by atoms with Crippen LogP contribution in [0.3, 0.4) is 0 Å². The predicted octanol–water partition coefficient (Wildman–Crippen LogP) is 2.23. The third-order valence-electron chi connectivity index (χ3n) is 3.17. The Morgan fingerprint density at radius 2 is 1.94 bits per heavy atom. The van der Waals surface area contributed by atoms with Gasteiger partial charge in [0.2, 0.25) is 0 Å². The van der Waals surface area contributed by atoms with Crippen molar-refractivity contribution in [2.45, 2.75) is 40.2 Å². The van der Waals surface area contributed by atoms with E-state index < -0.39 is 0 Å². The number of nitrogens with zero attached hydrogens (tertiary/aromatic N) is 3. The Hall–Kier alpha value is -1.16. The molecule has 0 amide bonds. The summed E-state index contributed by atoms with van der Waals surface area (Å²) < 4.78 is 0. The van der Waals surface area contributed by atoms with Crippen LogP contribution >= 0.6 is 0 Å². The molecule has 0 radical (unpaired) electrons. The highest BCUT2D eigenvalue weighted by Gasteiger charge is 2.12. The molecule has 1 heterocycles. The van der Waals surface area contributed by atoms with Gasteiger partial charge >= 0.3 is 0 Å². The number of aliphatic hydroxyl groups is 1. The number of anilines is 1. The van der Waals surface area contributed by atoms with E-state index in [9.17, 15) is 0 Å². The largest absolute Gasteiger partial charge is 0.390 e. The highest BCUT2D eigenvalue weighted by molar-refractivity contribution is 5.36. The average molecular weight is 237 g/mol. The van der Waals surface area contributed by atoms with Crippen molar-refractivity contribution in [1.29, 1.82) is 0 Å². The summed E-state index contributed by atoms with van der Waals surface area (Å²) in [6.07, 6.45) is 5.74. The zero-order valence-electron chi connectivity index (χ0n) is 11.1. The van der Waals surface area contributed by atoms with Crippen LogP contribution in [0, 0.1) is 5.92 Å². The molecule has 1 aromatic rings. The van der Waals surface area contributed by atoms with Crippen molar-refractivity contribution < 1.29 is 5.11 Å². The molecular formula is C13H23N3O. The zero-order valence-corrected chi connectivity index (χ0v) is 11.1. The molecule has 0 atom stereocenters. The van der Waals surface area contributed by atoms with E-state index in [4.69, 9.17) is 5.11 Å². The van der Waals surface area contributed by atoms with Gasteiger partial charge in [-0.05, 0) is 12.8 Å². The molecule has 4 heteroatoms. The summed E-state index contributed by atoms with van der Waals surface area (Å²) in [5.74, 6) is 1.56. The monoisotopic (exact) mass is 237 g/mol. The Morgan fingerprint density at radius 1 is 1.24 bits per heavy atom. The van der Waals surface area contributed by atoms with Crippen LogP contribution in [-0.2, 0) is 6.61 Å². The maximum Gasteiger partial charge on any atom is 0.147 e. The first-order valence-electron chi connectivity index (χ1n) is 6.41. The van der Waals surface area contributed by atoms with E-state index in [-0.39, 0.29) is 6.61 Å². The summed E-state index contributed by atoms with van der Waals surface area (Å²) in [4.78, 5) is 10.7. The van der Waals surface area contributed by atoms with Crippen molar-refractivity contribution in [1.82, 2.24) is 9.97 Å². The molecule has 0 saturated heterocycles. The van der Waals surface area contributed by atoms with Gasteiger partial charge in [-0.1, -0.05) is 26.7 Å². The van der Waals surface area contributed by atoms with Gasteiger partial charge < -0.3 is 10.0 Å². The first kappa shape index (κ1) is 13.9. The minimum absolute atomic E-state index is 0.0522. The summed E-state index contributed by atoms with van der Waals surface area (Å²) in [7, 11) is 0. The van der Waals surface area contributed by atoms with Crippen LogP contribution < -0.4 is 4.90 Å². The summed E-state index contributed by atoms with van der Waals surface area (Å²) >= 11 is 0. The Bertz CT molecular complexity index is 326. The van der Waals surface area contributed by atoms with Gasteiger partial charge in [-0.3, -0.25) is 4.98 Å². The number of rotatable bonds is 7. The fourth-order valence-corrected chi connectivity index (χ4v) is 1.87. The lowest BCUT2D eigenvalue weighted by atomic mass is 10.0. The topological polar surface area (TPSA) is 49.2 Å². The molecule has 0 fully saturated rings. The lowest BCUT2D eigenvalue weighted by Crippen LogP contribution is -2.30. The number of hydrogen-bond donors (Lipinski definition) is 1. The molecule has 96 valence electrons. The van der Waals surface area contributed by atoms with Crippen LogP contribution in [0.1, 0.15) is 39.3 Å². The molecule has 0 unspecified atom stereocenters. The number of aromatic nitrogens is 2. The summed E-state index contributed by atoms with van der Waals surface area (Å²) in [5, 5.41) is 9.07. The van der Waals surface area contributed by atoms with Crippen molar-refractivity contribution in [2.24, 2.45) is 5.92 Å². The molecule has 0 aliphatic heterocycles. The molecule has 0 bridgehead atoms. The molecular weight excluding hydrogens is 214 g/mol. The van der Waals surface area contributed by atoms with E-state index in [0.717, 1.165) is 18.9 Å². The summed E-state index contributed by atoms with van der Waals surface area (Å²) in [5.41, 5.74) is 0.630. The van der Waals surface area contributed by atoms with Crippen molar-refractivity contribution >= 4 is 5.82 Å². The van der Waals surface area contributed by atoms with E-state index in [1.165, 1.54) is 12.8 Å². The predicted molar refractivity (Wildman–Crippen MR) is 69.9 cm³/mol. The molecule has 0 aromatic carbocycles. The Morgan fingerprint density at radius 3 is 2.47 bits per heavy atom. The minimum atomic E-state index is -0.0522. The SMILES string of the molecule is CCC(CC)CN(CC)c1cncc(CO)n1. The molecule has 0 spiro atoms. The van der Waals surface area contributed by atoms with Crippen molar-refractivity contribution in [3.63, 3.8) is 0 Å². The van der Waals surface area contributed by atoms with Crippen LogP contribution in [0.4, 0.5) is 5.82 Å². The second-order valence-electron chi connectivity index (χ2n) is 4.25. The van der Waals surface area contributed by atoms with E-state index >= 15 is 0 Å². The van der Waals surface area contributed by atoms with Crippen LogP contribution in [0.2, 0.25) is 0 Å². The number of hydrogen-bond acceptors (Lipinski definition) is 4. The van der Waals surface area contributed by atoms with Gasteiger partial charge in [-0.25, -0.2) is 4.98 Å². The third-order valence-corrected chi connectivity index (χ3v) is 3.17. The van der Waals surface area contributed by atoms with Crippen molar-refractivity contribution in [3.8, 4) is 0 Å². The minimum Gasteiger partial charge on any atom is -0.390 e. The first-order valence-corrected chi connectivity index (χ1v) is 6.41. The Kier molecular flexibility index (Phi) is 5.91. The highest BCUT2D eigenvalue weighted by atomic mass is 16.3. The fraction of sp³-hybridized carbons (Fsp3) is 0.692. The third kappa shape index (κ3) is 3.97. The van der Waals surface area contributed by atoms with Gasteiger partial charge in [0.25, 0.3) is 0 Å². The van der Waals surface area contributed by atoms with Gasteiger partial charge in [-0.15, -0.1) is 0 Å². The van der Waals surface area contributed by atoms with Gasteiger partial charge in [0, 0.05) is 13.1 Å². The summed E-state index contributed by atoms with van der Waals surface area (Å²) in [6.45, 7) is 8.43. The highest BCUT2D eigenvalue weighted by Crippen LogP contribution is 2.15. The number of aliphatic hydroxyl groups excluding tert-OH is 1. The summed E-state index contributed by atoms with van der Waals surface area (Å²) in [6, 6.07) is 0. The maximum atomic E-state index is 9.07. The second kappa shape index (κ2) is 7.22. The quantitative estimate of drug-likeness (QED) is 0.790. The van der Waals surface area contributed by atoms with Crippen LogP contribution in [-0.4, -0.2) is 28.2 Å². The molecule has 0 saturated carbocycles.